The van der Waals surface area contributed by atoms with Gasteiger partial charge in [-0.25, -0.2) is 9.78 Å². The summed E-state index contributed by atoms with van der Waals surface area (Å²) >= 11 is 5.76. The molecule has 0 aliphatic heterocycles. The Morgan fingerprint density at radius 2 is 1.88 bits per heavy atom. The molecule has 24 heavy (non-hydrogen) atoms. The van der Waals surface area contributed by atoms with Crippen LogP contribution in [0.4, 0.5) is 5.82 Å². The van der Waals surface area contributed by atoms with Crippen molar-refractivity contribution < 1.29 is 4.79 Å². The van der Waals surface area contributed by atoms with Crippen molar-refractivity contribution in [3.05, 3.63) is 58.1 Å². The molecule has 6 nitrogen and oxygen atoms in total. The molecule has 0 unspecified atom stereocenters. The molecule has 0 saturated heterocycles. The van der Waals surface area contributed by atoms with Crippen molar-refractivity contribution in [1.82, 2.24) is 14.1 Å². The second-order valence-electron chi connectivity index (χ2n) is 5.33. The van der Waals surface area contributed by atoms with E-state index in [4.69, 9.17) is 11.6 Å². The number of fused-ring (bicyclic) bond motifs is 1. The largest absolute Gasteiger partial charge is 0.329 e. The molecule has 0 aliphatic carbocycles. The van der Waals surface area contributed by atoms with Crippen molar-refractivity contribution in [3.63, 3.8) is 0 Å². The minimum absolute atomic E-state index is 0.101. The van der Waals surface area contributed by atoms with Crippen molar-refractivity contribution in [1.29, 1.82) is 0 Å². The monoisotopic (exact) mass is 344 g/mol. The number of halogens is 1. The molecule has 1 N–H and O–H groups in total. The average Bonchev–Trinajstić information content (AvgIpc) is 2.86. The second kappa shape index (κ2) is 6.88. The molecule has 1 amide bonds. The van der Waals surface area contributed by atoms with Gasteiger partial charge in [0.2, 0.25) is 5.91 Å². The number of hydrogen-bond acceptors (Lipinski definition) is 3. The Labute approximate surface area is 143 Å². The van der Waals surface area contributed by atoms with E-state index < -0.39 is 0 Å². The fourth-order valence-electron chi connectivity index (χ4n) is 2.66. The maximum absolute atomic E-state index is 12.5. The number of hydrogen-bond donors (Lipinski definition) is 1. The van der Waals surface area contributed by atoms with E-state index in [1.54, 1.807) is 21.3 Å². The molecule has 0 bridgehead atoms. The Morgan fingerprint density at radius 3 is 2.50 bits per heavy atom. The lowest BCUT2D eigenvalue weighted by molar-refractivity contribution is -0.116. The predicted molar refractivity (Wildman–Crippen MR) is 94.4 cm³/mol. The van der Waals surface area contributed by atoms with Crippen molar-refractivity contribution in [2.75, 3.05) is 5.32 Å². The third-order valence-corrected chi connectivity index (χ3v) is 4.02. The summed E-state index contributed by atoms with van der Waals surface area (Å²) in [6.07, 6.45) is 1.65. The Kier molecular flexibility index (Phi) is 4.66. The number of anilines is 1. The third kappa shape index (κ3) is 3.19. The van der Waals surface area contributed by atoms with Gasteiger partial charge < -0.3 is 5.32 Å². The van der Waals surface area contributed by atoms with E-state index in [0.717, 1.165) is 11.0 Å². The first-order valence-corrected chi connectivity index (χ1v) is 8.07. The van der Waals surface area contributed by atoms with Crippen LogP contribution in [0.5, 0.6) is 0 Å². The van der Waals surface area contributed by atoms with Crippen molar-refractivity contribution >= 4 is 34.4 Å². The van der Waals surface area contributed by atoms with Crippen molar-refractivity contribution in [2.45, 2.75) is 26.4 Å². The van der Waals surface area contributed by atoms with Gasteiger partial charge in [0.1, 0.15) is 5.82 Å². The van der Waals surface area contributed by atoms with Gasteiger partial charge in [0, 0.05) is 25.7 Å². The number of nitrogens with one attached hydrogen (secondary N) is 1. The molecule has 2 heterocycles. The number of carbonyl (C=O) groups excluding carboxylic acids is 1. The van der Waals surface area contributed by atoms with Crippen LogP contribution in [-0.4, -0.2) is 20.0 Å². The highest BCUT2D eigenvalue weighted by Crippen LogP contribution is 2.14. The zero-order valence-corrected chi connectivity index (χ0v) is 14.0. The van der Waals surface area contributed by atoms with Crippen LogP contribution < -0.4 is 11.0 Å². The van der Waals surface area contributed by atoms with Crippen LogP contribution >= 0.6 is 11.6 Å². The van der Waals surface area contributed by atoms with Gasteiger partial charge in [0.15, 0.2) is 0 Å². The first-order chi connectivity index (χ1) is 11.6. The number of carbonyl (C=O) groups is 1. The highest BCUT2D eigenvalue weighted by atomic mass is 35.5. The number of imidazole rings is 1. The Bertz CT molecular complexity index is 928. The summed E-state index contributed by atoms with van der Waals surface area (Å²) in [5, 5.41) is 3.20. The lowest BCUT2D eigenvalue weighted by Crippen LogP contribution is -2.25. The SMILES string of the molecule is CCn1c(=O)n(CCC(=O)Nc2ccc(Cl)cn2)c2ccccc21. The first-order valence-electron chi connectivity index (χ1n) is 7.69. The summed E-state index contributed by atoms with van der Waals surface area (Å²) in [6.45, 7) is 2.83. The summed E-state index contributed by atoms with van der Waals surface area (Å²) in [6, 6.07) is 10.9. The highest BCUT2D eigenvalue weighted by molar-refractivity contribution is 6.30. The molecule has 0 aliphatic rings. The molecule has 0 fully saturated rings. The van der Waals surface area contributed by atoms with Crippen LogP contribution in [0.15, 0.2) is 47.4 Å². The van der Waals surface area contributed by atoms with Crippen LogP contribution in [0.1, 0.15) is 13.3 Å². The van der Waals surface area contributed by atoms with Gasteiger partial charge in [-0.15, -0.1) is 0 Å². The number of rotatable bonds is 5. The lowest BCUT2D eigenvalue weighted by atomic mass is 10.3. The molecule has 3 rings (SSSR count). The molecule has 7 heteroatoms. The molecule has 0 saturated carbocycles. The van der Waals surface area contributed by atoms with Gasteiger partial charge in [-0.3, -0.25) is 13.9 Å². The van der Waals surface area contributed by atoms with Crippen LogP contribution in [0.3, 0.4) is 0 Å². The highest BCUT2D eigenvalue weighted by Gasteiger charge is 2.12. The van der Waals surface area contributed by atoms with Gasteiger partial charge >= 0.3 is 5.69 Å². The van der Waals surface area contributed by atoms with E-state index in [9.17, 15) is 9.59 Å². The maximum atomic E-state index is 12.5. The number of amides is 1. The van der Waals surface area contributed by atoms with E-state index in [2.05, 4.69) is 10.3 Å². The Morgan fingerprint density at radius 1 is 1.17 bits per heavy atom. The predicted octanol–water partition coefficient (Wildman–Crippen LogP) is 2.90. The van der Waals surface area contributed by atoms with Crippen LogP contribution in [0, 0.1) is 0 Å². The maximum Gasteiger partial charge on any atom is 0.329 e. The lowest BCUT2D eigenvalue weighted by Gasteiger charge is -2.05. The number of pyridine rings is 1. The fraction of sp³-hybridized carbons (Fsp3) is 0.235. The minimum atomic E-state index is -0.204. The standard InChI is InChI=1S/C17H17ClN4O2/c1-2-21-13-5-3-4-6-14(13)22(17(21)24)10-9-16(23)20-15-8-7-12(18)11-19-15/h3-8,11H,2,9-10H2,1H3,(H,19,20,23). The van der Waals surface area contributed by atoms with Gasteiger partial charge in [-0.05, 0) is 31.2 Å². The third-order valence-electron chi connectivity index (χ3n) is 3.80. The molecular weight excluding hydrogens is 328 g/mol. The number of benzene rings is 1. The average molecular weight is 345 g/mol. The number of para-hydroxylation sites is 2. The van der Waals surface area contributed by atoms with Crippen LogP contribution in [0.25, 0.3) is 11.0 Å². The molecule has 0 radical (unpaired) electrons. The number of aryl methyl sites for hydroxylation is 2. The van der Waals surface area contributed by atoms with Gasteiger partial charge in [0.05, 0.1) is 16.1 Å². The summed E-state index contributed by atoms with van der Waals surface area (Å²) in [5.41, 5.74) is 1.61. The molecule has 3 aromatic rings. The molecule has 2 aromatic heterocycles. The van der Waals surface area contributed by atoms with Gasteiger partial charge in [0.25, 0.3) is 0 Å². The van der Waals surface area contributed by atoms with Crippen molar-refractivity contribution in [2.24, 2.45) is 0 Å². The number of aromatic nitrogens is 3. The Balaban J connectivity index is 1.76. The molecule has 0 atom stereocenters. The first kappa shape index (κ1) is 16.3. The van der Waals surface area contributed by atoms with E-state index in [0.29, 0.717) is 23.9 Å². The molecule has 124 valence electrons. The zero-order chi connectivity index (χ0) is 17.1. The smallest absolute Gasteiger partial charge is 0.311 e. The molecule has 0 spiro atoms. The van der Waals surface area contributed by atoms with Crippen LogP contribution in [0.2, 0.25) is 5.02 Å². The topological polar surface area (TPSA) is 68.9 Å². The van der Waals surface area contributed by atoms with Gasteiger partial charge in [-0.1, -0.05) is 23.7 Å². The molecule has 1 aromatic carbocycles. The molecular formula is C17H17ClN4O2. The van der Waals surface area contributed by atoms with E-state index >= 15 is 0 Å². The normalized spacial score (nSPS) is 10.9. The fourth-order valence-corrected chi connectivity index (χ4v) is 2.77. The zero-order valence-electron chi connectivity index (χ0n) is 13.2. The summed E-state index contributed by atoms with van der Waals surface area (Å²) in [5.74, 6) is 0.234. The Hall–Kier alpha value is -2.60. The second-order valence-corrected chi connectivity index (χ2v) is 5.76. The summed E-state index contributed by atoms with van der Waals surface area (Å²) in [7, 11) is 0. The van der Waals surface area contributed by atoms with Crippen molar-refractivity contribution in [3.8, 4) is 0 Å². The van der Waals surface area contributed by atoms with Gasteiger partial charge in [-0.2, -0.15) is 0 Å². The van der Waals surface area contributed by atoms with E-state index in [-0.39, 0.29) is 18.0 Å². The van der Waals surface area contributed by atoms with Crippen LogP contribution in [-0.2, 0) is 17.9 Å². The summed E-state index contributed by atoms with van der Waals surface area (Å²) < 4.78 is 3.34. The van der Waals surface area contributed by atoms with E-state index in [1.165, 1.54) is 6.20 Å². The van der Waals surface area contributed by atoms with E-state index in [1.807, 2.05) is 31.2 Å². The number of nitrogens with zero attached hydrogens (tertiary/aromatic N) is 3. The quantitative estimate of drug-likeness (QED) is 0.773. The minimum Gasteiger partial charge on any atom is -0.311 e. The summed E-state index contributed by atoms with van der Waals surface area (Å²) in [4.78, 5) is 28.6.